The third-order valence-electron chi connectivity index (χ3n) is 6.27. The molecule has 0 aliphatic carbocycles. The number of benzene rings is 1. The zero-order valence-corrected chi connectivity index (χ0v) is 18.0. The number of guanidine groups is 1. The van der Waals surface area contributed by atoms with Crippen LogP contribution in [0.15, 0.2) is 29.3 Å². The molecule has 0 amide bonds. The SMILES string of the molecule is CN=C(NCC1(c2ccccc2Cl)CCOCC1)N(C)CCC1CCOCC1. The summed E-state index contributed by atoms with van der Waals surface area (Å²) in [5.41, 5.74) is 1.20. The first-order valence-corrected chi connectivity index (χ1v) is 10.8. The van der Waals surface area contributed by atoms with Crippen LogP contribution in [-0.4, -0.2) is 64.5 Å². The highest BCUT2D eigenvalue weighted by molar-refractivity contribution is 6.31. The van der Waals surface area contributed by atoms with E-state index in [9.17, 15) is 0 Å². The molecule has 2 aliphatic rings. The molecule has 0 saturated carbocycles. The van der Waals surface area contributed by atoms with Gasteiger partial charge in [-0.05, 0) is 49.7 Å². The lowest BCUT2D eigenvalue weighted by atomic mass is 9.74. The summed E-state index contributed by atoms with van der Waals surface area (Å²) in [7, 11) is 3.99. The van der Waals surface area contributed by atoms with Crippen molar-refractivity contribution in [3.63, 3.8) is 0 Å². The maximum absolute atomic E-state index is 6.58. The fraction of sp³-hybridized carbons (Fsp3) is 0.682. The molecule has 2 saturated heterocycles. The van der Waals surface area contributed by atoms with Gasteiger partial charge in [0.2, 0.25) is 0 Å². The Hall–Kier alpha value is -1.30. The van der Waals surface area contributed by atoms with Crippen LogP contribution in [0.3, 0.4) is 0 Å². The number of aliphatic imine (C=N–C) groups is 1. The lowest BCUT2D eigenvalue weighted by molar-refractivity contribution is 0.0511. The molecular formula is C22H34ClN3O2. The van der Waals surface area contributed by atoms with Crippen molar-refractivity contribution in [3.05, 3.63) is 34.9 Å². The summed E-state index contributed by atoms with van der Waals surface area (Å²) in [6.07, 6.45) is 5.47. The van der Waals surface area contributed by atoms with Crippen LogP contribution < -0.4 is 5.32 Å². The molecule has 28 heavy (non-hydrogen) atoms. The molecule has 156 valence electrons. The van der Waals surface area contributed by atoms with Crippen LogP contribution in [0.25, 0.3) is 0 Å². The van der Waals surface area contributed by atoms with Crippen molar-refractivity contribution in [1.82, 2.24) is 10.2 Å². The number of nitrogens with one attached hydrogen (secondary N) is 1. The van der Waals surface area contributed by atoms with Gasteiger partial charge in [-0.2, -0.15) is 0 Å². The molecule has 1 aromatic rings. The fourth-order valence-electron chi connectivity index (χ4n) is 4.34. The van der Waals surface area contributed by atoms with E-state index in [-0.39, 0.29) is 5.41 Å². The van der Waals surface area contributed by atoms with E-state index in [0.717, 1.165) is 69.3 Å². The number of halogens is 1. The minimum absolute atomic E-state index is 0.0198. The number of hydrogen-bond donors (Lipinski definition) is 1. The first kappa shape index (κ1) is 21.4. The standard InChI is InChI=1S/C22H34ClN3O2/c1-24-21(26(2)12-7-18-8-13-27-14-9-18)25-17-22(10-15-28-16-11-22)19-5-3-4-6-20(19)23/h3-6,18H,7-17H2,1-2H3,(H,24,25). The highest BCUT2D eigenvalue weighted by Gasteiger charge is 2.36. The summed E-state index contributed by atoms with van der Waals surface area (Å²) in [5.74, 6) is 1.71. The van der Waals surface area contributed by atoms with Gasteiger partial charge in [0.1, 0.15) is 0 Å². The molecule has 2 heterocycles. The molecule has 6 heteroatoms. The van der Waals surface area contributed by atoms with Crippen molar-refractivity contribution >= 4 is 17.6 Å². The van der Waals surface area contributed by atoms with E-state index in [1.54, 1.807) is 0 Å². The molecule has 5 nitrogen and oxygen atoms in total. The number of nitrogens with zero attached hydrogens (tertiary/aromatic N) is 2. The average molecular weight is 408 g/mol. The van der Waals surface area contributed by atoms with Crippen molar-refractivity contribution < 1.29 is 9.47 Å². The molecule has 0 atom stereocenters. The molecule has 0 unspecified atom stereocenters. The molecule has 0 radical (unpaired) electrons. The Morgan fingerprint density at radius 1 is 1.18 bits per heavy atom. The molecule has 2 aliphatic heterocycles. The largest absolute Gasteiger partial charge is 0.381 e. The van der Waals surface area contributed by atoms with Gasteiger partial charge >= 0.3 is 0 Å². The summed E-state index contributed by atoms with van der Waals surface area (Å²) >= 11 is 6.58. The normalized spacial score (nSPS) is 20.8. The van der Waals surface area contributed by atoms with Crippen molar-refractivity contribution in [2.24, 2.45) is 10.9 Å². The minimum Gasteiger partial charge on any atom is -0.381 e. The first-order chi connectivity index (χ1) is 13.6. The smallest absolute Gasteiger partial charge is 0.193 e. The average Bonchev–Trinajstić information content (AvgIpc) is 2.74. The predicted octanol–water partition coefficient (Wildman–Crippen LogP) is 3.71. The molecule has 3 rings (SSSR count). The van der Waals surface area contributed by atoms with Crippen molar-refractivity contribution in [2.45, 2.75) is 37.5 Å². The lowest BCUT2D eigenvalue weighted by Gasteiger charge is -2.39. The van der Waals surface area contributed by atoms with E-state index in [1.807, 2.05) is 19.2 Å². The Labute approximate surface area is 174 Å². The van der Waals surface area contributed by atoms with Crippen LogP contribution in [0.2, 0.25) is 5.02 Å². The van der Waals surface area contributed by atoms with Gasteiger partial charge in [0, 0.05) is 64.1 Å². The maximum Gasteiger partial charge on any atom is 0.193 e. The predicted molar refractivity (Wildman–Crippen MR) is 115 cm³/mol. The second kappa shape index (κ2) is 10.5. The third kappa shape index (κ3) is 5.40. The van der Waals surface area contributed by atoms with Gasteiger partial charge in [-0.25, -0.2) is 0 Å². The quantitative estimate of drug-likeness (QED) is 0.576. The van der Waals surface area contributed by atoms with Gasteiger partial charge in [0.15, 0.2) is 5.96 Å². The van der Waals surface area contributed by atoms with Gasteiger partial charge < -0.3 is 19.7 Å². The van der Waals surface area contributed by atoms with E-state index < -0.39 is 0 Å². The molecule has 1 N–H and O–H groups in total. The summed E-state index contributed by atoms with van der Waals surface area (Å²) < 4.78 is 11.1. The van der Waals surface area contributed by atoms with E-state index in [1.165, 1.54) is 24.8 Å². The second-order valence-electron chi connectivity index (χ2n) is 8.04. The third-order valence-corrected chi connectivity index (χ3v) is 6.60. The molecule has 0 aromatic heterocycles. The van der Waals surface area contributed by atoms with Gasteiger partial charge in [-0.3, -0.25) is 4.99 Å². The van der Waals surface area contributed by atoms with Crippen molar-refractivity contribution in [3.8, 4) is 0 Å². The summed E-state index contributed by atoms with van der Waals surface area (Å²) in [6, 6.07) is 8.22. The molecule has 0 spiro atoms. The highest BCUT2D eigenvalue weighted by Crippen LogP contribution is 2.38. The minimum atomic E-state index is -0.0198. The van der Waals surface area contributed by atoms with Gasteiger partial charge in [0.25, 0.3) is 0 Å². The molecule has 2 fully saturated rings. The molecule has 0 bridgehead atoms. The van der Waals surface area contributed by atoms with Crippen molar-refractivity contribution in [2.75, 3.05) is 53.6 Å². The van der Waals surface area contributed by atoms with Crippen LogP contribution in [0.1, 0.15) is 37.7 Å². The monoisotopic (exact) mass is 407 g/mol. The summed E-state index contributed by atoms with van der Waals surface area (Å²) in [5, 5.41) is 4.47. The summed E-state index contributed by atoms with van der Waals surface area (Å²) in [6.45, 7) is 5.17. The molecular weight excluding hydrogens is 374 g/mol. The van der Waals surface area contributed by atoms with Crippen LogP contribution in [0, 0.1) is 5.92 Å². The van der Waals surface area contributed by atoms with E-state index in [0.29, 0.717) is 0 Å². The first-order valence-electron chi connectivity index (χ1n) is 10.5. The van der Waals surface area contributed by atoms with E-state index in [2.05, 4.69) is 34.4 Å². The van der Waals surface area contributed by atoms with Crippen LogP contribution in [0.5, 0.6) is 0 Å². The van der Waals surface area contributed by atoms with Crippen LogP contribution in [0.4, 0.5) is 0 Å². The van der Waals surface area contributed by atoms with Crippen LogP contribution in [-0.2, 0) is 14.9 Å². The maximum atomic E-state index is 6.58. The summed E-state index contributed by atoms with van der Waals surface area (Å²) in [4.78, 5) is 6.77. The highest BCUT2D eigenvalue weighted by atomic mass is 35.5. The second-order valence-corrected chi connectivity index (χ2v) is 8.45. The zero-order valence-electron chi connectivity index (χ0n) is 17.3. The Morgan fingerprint density at radius 3 is 2.54 bits per heavy atom. The fourth-order valence-corrected chi connectivity index (χ4v) is 4.68. The zero-order chi connectivity index (χ0) is 19.8. The van der Waals surface area contributed by atoms with Gasteiger partial charge in [0.05, 0.1) is 0 Å². The Kier molecular flexibility index (Phi) is 8.00. The van der Waals surface area contributed by atoms with Crippen molar-refractivity contribution in [1.29, 1.82) is 0 Å². The van der Waals surface area contributed by atoms with Crippen LogP contribution >= 0.6 is 11.6 Å². The van der Waals surface area contributed by atoms with Gasteiger partial charge in [-0.15, -0.1) is 0 Å². The Morgan fingerprint density at radius 2 is 1.86 bits per heavy atom. The Bertz CT molecular complexity index is 640. The van der Waals surface area contributed by atoms with E-state index in [4.69, 9.17) is 21.1 Å². The number of hydrogen-bond acceptors (Lipinski definition) is 3. The topological polar surface area (TPSA) is 46.1 Å². The lowest BCUT2D eigenvalue weighted by Crippen LogP contribution is -2.48. The molecule has 1 aromatic carbocycles. The van der Waals surface area contributed by atoms with Gasteiger partial charge in [-0.1, -0.05) is 29.8 Å². The Balaban J connectivity index is 1.61. The number of ether oxygens (including phenoxy) is 2. The van der Waals surface area contributed by atoms with E-state index >= 15 is 0 Å². The number of rotatable bonds is 6.